The van der Waals surface area contributed by atoms with Crippen molar-refractivity contribution >= 4 is 0 Å². The molecule has 1 rings (SSSR count). The van der Waals surface area contributed by atoms with Crippen LogP contribution in [0, 0.1) is 5.92 Å². The van der Waals surface area contributed by atoms with Gasteiger partial charge in [-0.2, -0.15) is 0 Å². The van der Waals surface area contributed by atoms with E-state index >= 15 is 0 Å². The quantitative estimate of drug-likeness (QED) is 0.611. The van der Waals surface area contributed by atoms with Gasteiger partial charge in [-0.05, 0) is 32.1 Å². The molecule has 1 unspecified atom stereocenters. The summed E-state index contributed by atoms with van der Waals surface area (Å²) in [7, 11) is 0. The fourth-order valence-electron chi connectivity index (χ4n) is 1.76. The minimum absolute atomic E-state index is 0.616. The summed E-state index contributed by atoms with van der Waals surface area (Å²) >= 11 is 0. The lowest BCUT2D eigenvalue weighted by Crippen LogP contribution is -2.44. The first kappa shape index (κ1) is 8.79. The zero-order valence-corrected chi connectivity index (χ0v) is 7.64. The fourth-order valence-corrected chi connectivity index (χ4v) is 1.76. The van der Waals surface area contributed by atoms with E-state index < -0.39 is 0 Å². The summed E-state index contributed by atoms with van der Waals surface area (Å²) in [6.45, 7) is 8.27. The van der Waals surface area contributed by atoms with Crippen LogP contribution in [0.4, 0.5) is 0 Å². The highest BCUT2D eigenvalue weighted by Crippen LogP contribution is 2.26. The Morgan fingerprint density at radius 2 is 2.27 bits per heavy atom. The molecule has 1 aliphatic rings. The van der Waals surface area contributed by atoms with Gasteiger partial charge in [0, 0.05) is 12.1 Å². The zero-order chi connectivity index (χ0) is 8.27. The molecule has 0 aromatic carbocycles. The Balaban J connectivity index is 2.06. The molecule has 0 amide bonds. The molecule has 1 atom stereocenters. The highest BCUT2D eigenvalue weighted by Gasteiger charge is 2.25. The maximum atomic E-state index is 3.73. The summed E-state index contributed by atoms with van der Waals surface area (Å²) in [4.78, 5) is 0. The van der Waals surface area contributed by atoms with Crippen molar-refractivity contribution in [1.29, 1.82) is 0 Å². The monoisotopic (exact) mass is 153 g/mol. The van der Waals surface area contributed by atoms with Gasteiger partial charge in [-0.15, -0.1) is 6.58 Å². The Hall–Kier alpha value is -0.300. The van der Waals surface area contributed by atoms with Crippen LogP contribution in [-0.4, -0.2) is 12.1 Å². The largest absolute Gasteiger partial charge is 0.311 e. The van der Waals surface area contributed by atoms with Crippen LogP contribution < -0.4 is 5.32 Å². The van der Waals surface area contributed by atoms with E-state index in [9.17, 15) is 0 Å². The van der Waals surface area contributed by atoms with Crippen molar-refractivity contribution in [3.63, 3.8) is 0 Å². The zero-order valence-electron chi connectivity index (χ0n) is 7.64. The van der Waals surface area contributed by atoms with E-state index in [0.29, 0.717) is 6.04 Å². The first-order chi connectivity index (χ1) is 5.22. The maximum Gasteiger partial charge on any atom is 0.00757 e. The molecular weight excluding hydrogens is 134 g/mol. The van der Waals surface area contributed by atoms with Crippen molar-refractivity contribution in [1.82, 2.24) is 5.32 Å². The third kappa shape index (κ3) is 2.66. The molecule has 64 valence electrons. The number of nitrogens with one attached hydrogen (secondary N) is 1. The Bertz CT molecular complexity index is 125. The third-order valence-electron chi connectivity index (χ3n) is 2.41. The lowest BCUT2D eigenvalue weighted by molar-refractivity contribution is 0.226. The van der Waals surface area contributed by atoms with Crippen LogP contribution in [0.2, 0.25) is 0 Å². The molecule has 1 heteroatoms. The highest BCUT2D eigenvalue weighted by atomic mass is 15.0. The molecule has 1 fully saturated rings. The van der Waals surface area contributed by atoms with Crippen LogP contribution in [0.15, 0.2) is 12.7 Å². The van der Waals surface area contributed by atoms with Crippen molar-refractivity contribution in [3.05, 3.63) is 12.7 Å². The number of rotatable bonds is 4. The second kappa shape index (κ2) is 3.91. The van der Waals surface area contributed by atoms with Gasteiger partial charge >= 0.3 is 0 Å². The van der Waals surface area contributed by atoms with E-state index in [4.69, 9.17) is 0 Å². The normalized spacial score (nSPS) is 32.5. The summed E-state index contributed by atoms with van der Waals surface area (Å²) in [5.74, 6) is 0.948. The maximum absolute atomic E-state index is 3.73. The molecule has 1 N–H and O–H groups in total. The molecule has 0 bridgehead atoms. The van der Waals surface area contributed by atoms with E-state index in [2.05, 4.69) is 25.7 Å². The van der Waals surface area contributed by atoms with Crippen molar-refractivity contribution < 1.29 is 0 Å². The number of hydrogen-bond acceptors (Lipinski definition) is 1. The van der Waals surface area contributed by atoms with E-state index in [0.717, 1.165) is 18.4 Å². The fraction of sp³-hybridized carbons (Fsp3) is 0.800. The molecule has 0 aromatic rings. The topological polar surface area (TPSA) is 12.0 Å². The van der Waals surface area contributed by atoms with Crippen LogP contribution in [0.3, 0.4) is 0 Å². The molecule has 1 saturated carbocycles. The van der Waals surface area contributed by atoms with Crippen molar-refractivity contribution in [2.45, 2.75) is 45.2 Å². The molecule has 11 heavy (non-hydrogen) atoms. The second-order valence-electron chi connectivity index (χ2n) is 3.87. The van der Waals surface area contributed by atoms with Crippen LogP contribution in [0.25, 0.3) is 0 Å². The predicted octanol–water partition coefficient (Wildman–Crippen LogP) is 2.34. The molecule has 0 heterocycles. The Morgan fingerprint density at radius 3 is 2.73 bits per heavy atom. The summed E-state index contributed by atoms with van der Waals surface area (Å²) in [6.07, 6.45) is 5.80. The van der Waals surface area contributed by atoms with Gasteiger partial charge in [-0.25, -0.2) is 0 Å². The van der Waals surface area contributed by atoms with Gasteiger partial charge < -0.3 is 5.32 Å². The lowest BCUT2D eigenvalue weighted by atomic mass is 9.81. The van der Waals surface area contributed by atoms with Crippen LogP contribution in [0.5, 0.6) is 0 Å². The minimum Gasteiger partial charge on any atom is -0.311 e. The molecule has 0 aliphatic heterocycles. The Labute approximate surface area is 69.9 Å². The molecule has 0 aromatic heterocycles. The van der Waals surface area contributed by atoms with Gasteiger partial charge in [0.2, 0.25) is 0 Å². The molecular formula is C10H19N. The molecule has 1 aliphatic carbocycles. The lowest BCUT2D eigenvalue weighted by Gasteiger charge is -2.35. The van der Waals surface area contributed by atoms with Gasteiger partial charge in [0.05, 0.1) is 0 Å². The highest BCUT2D eigenvalue weighted by molar-refractivity contribution is 4.86. The molecule has 0 spiro atoms. The average molecular weight is 153 g/mol. The SMILES string of the molecule is C=CCC(C)NC1CC(C)C1. The summed E-state index contributed by atoms with van der Waals surface area (Å²) < 4.78 is 0. The van der Waals surface area contributed by atoms with Gasteiger partial charge in [0.15, 0.2) is 0 Å². The van der Waals surface area contributed by atoms with E-state index in [1.165, 1.54) is 12.8 Å². The summed E-state index contributed by atoms with van der Waals surface area (Å²) in [5.41, 5.74) is 0. The first-order valence-electron chi connectivity index (χ1n) is 4.59. The number of hydrogen-bond donors (Lipinski definition) is 1. The van der Waals surface area contributed by atoms with Crippen molar-refractivity contribution in [2.75, 3.05) is 0 Å². The Kier molecular flexibility index (Phi) is 3.13. The third-order valence-corrected chi connectivity index (χ3v) is 2.41. The van der Waals surface area contributed by atoms with Gasteiger partial charge in [0.1, 0.15) is 0 Å². The van der Waals surface area contributed by atoms with E-state index in [1.54, 1.807) is 0 Å². The van der Waals surface area contributed by atoms with Crippen molar-refractivity contribution in [3.8, 4) is 0 Å². The predicted molar refractivity (Wildman–Crippen MR) is 49.6 cm³/mol. The standard InChI is InChI=1S/C10H19N/c1-4-5-9(3)11-10-6-8(2)7-10/h4,8-11H,1,5-7H2,2-3H3. The Morgan fingerprint density at radius 1 is 1.64 bits per heavy atom. The second-order valence-corrected chi connectivity index (χ2v) is 3.87. The van der Waals surface area contributed by atoms with E-state index in [-0.39, 0.29) is 0 Å². The molecule has 1 nitrogen and oxygen atoms in total. The van der Waals surface area contributed by atoms with Gasteiger partial charge in [0.25, 0.3) is 0 Å². The summed E-state index contributed by atoms with van der Waals surface area (Å²) in [6, 6.07) is 1.41. The first-order valence-corrected chi connectivity index (χ1v) is 4.59. The smallest absolute Gasteiger partial charge is 0.00757 e. The van der Waals surface area contributed by atoms with Crippen LogP contribution in [-0.2, 0) is 0 Å². The minimum atomic E-state index is 0.616. The van der Waals surface area contributed by atoms with Crippen molar-refractivity contribution in [2.24, 2.45) is 5.92 Å². The van der Waals surface area contributed by atoms with Gasteiger partial charge in [-0.3, -0.25) is 0 Å². The van der Waals surface area contributed by atoms with Gasteiger partial charge in [-0.1, -0.05) is 13.0 Å². The summed E-state index contributed by atoms with van der Waals surface area (Å²) in [5, 5.41) is 3.58. The van der Waals surface area contributed by atoms with E-state index in [1.807, 2.05) is 6.08 Å². The molecule has 0 saturated heterocycles. The average Bonchev–Trinajstić information content (AvgIpc) is 1.85. The van der Waals surface area contributed by atoms with Crippen LogP contribution in [0.1, 0.15) is 33.1 Å². The van der Waals surface area contributed by atoms with Crippen LogP contribution >= 0.6 is 0 Å². The molecule has 0 radical (unpaired) electrons.